The van der Waals surface area contributed by atoms with Crippen LogP contribution in [0.1, 0.15) is 24.2 Å². The van der Waals surface area contributed by atoms with E-state index in [-0.39, 0.29) is 18.1 Å². The van der Waals surface area contributed by atoms with Crippen molar-refractivity contribution in [2.24, 2.45) is 0 Å². The zero-order chi connectivity index (χ0) is 17.2. The molecule has 1 rings (SSSR count). The monoisotopic (exact) mass is 319 g/mol. The molecular formula is C15H17N3O5. The molecule has 0 bridgehead atoms. The Kier molecular flexibility index (Phi) is 6.99. The van der Waals surface area contributed by atoms with Crippen molar-refractivity contribution in [3.8, 4) is 0 Å². The summed E-state index contributed by atoms with van der Waals surface area (Å²) in [5, 5.41) is 2.57. The van der Waals surface area contributed by atoms with E-state index in [0.717, 1.165) is 12.2 Å². The van der Waals surface area contributed by atoms with Crippen LogP contribution < -0.4 is 16.2 Å². The number of hydrazine groups is 1. The van der Waals surface area contributed by atoms with Gasteiger partial charge in [0, 0.05) is 30.3 Å². The normalized spacial score (nSPS) is 10.0. The number of ether oxygens (including phenoxy) is 1. The molecule has 3 amide bonds. The van der Waals surface area contributed by atoms with Crippen LogP contribution in [0.4, 0.5) is 5.69 Å². The highest BCUT2D eigenvalue weighted by molar-refractivity contribution is 5.99. The van der Waals surface area contributed by atoms with E-state index in [1.54, 1.807) is 19.1 Å². The van der Waals surface area contributed by atoms with Crippen LogP contribution >= 0.6 is 0 Å². The number of carbonyl (C=O) groups excluding carboxylic acids is 4. The molecule has 8 heteroatoms. The summed E-state index contributed by atoms with van der Waals surface area (Å²) < 4.78 is 4.60. The molecule has 3 N–H and O–H groups in total. The van der Waals surface area contributed by atoms with E-state index in [2.05, 4.69) is 20.9 Å². The summed E-state index contributed by atoms with van der Waals surface area (Å²) in [6.45, 7) is 3.22. The van der Waals surface area contributed by atoms with Crippen LogP contribution in [0.3, 0.4) is 0 Å². The van der Waals surface area contributed by atoms with Crippen molar-refractivity contribution in [1.29, 1.82) is 0 Å². The number of hydrogen-bond acceptors (Lipinski definition) is 5. The molecule has 0 aliphatic rings. The molecule has 0 aliphatic heterocycles. The lowest BCUT2D eigenvalue weighted by Crippen LogP contribution is -2.40. The number of esters is 1. The molecule has 0 unspecified atom stereocenters. The summed E-state index contributed by atoms with van der Waals surface area (Å²) in [5.74, 6) is -2.09. The maximum absolute atomic E-state index is 11.8. The van der Waals surface area contributed by atoms with Gasteiger partial charge in [-0.3, -0.25) is 25.2 Å². The van der Waals surface area contributed by atoms with E-state index in [1.165, 1.54) is 19.1 Å². The van der Waals surface area contributed by atoms with Gasteiger partial charge in [0.25, 0.3) is 11.8 Å². The first-order valence-electron chi connectivity index (χ1n) is 6.75. The number of hydrogen-bond donors (Lipinski definition) is 3. The lowest BCUT2D eigenvalue weighted by Gasteiger charge is -2.06. The Morgan fingerprint density at radius 2 is 1.70 bits per heavy atom. The van der Waals surface area contributed by atoms with Crippen LogP contribution in [0.15, 0.2) is 36.4 Å². The van der Waals surface area contributed by atoms with Gasteiger partial charge in [-0.05, 0) is 31.2 Å². The first kappa shape index (κ1) is 17.9. The molecule has 1 aromatic carbocycles. The topological polar surface area (TPSA) is 114 Å². The van der Waals surface area contributed by atoms with Crippen LogP contribution in [0.2, 0.25) is 0 Å². The van der Waals surface area contributed by atoms with Crippen LogP contribution in [-0.2, 0) is 19.1 Å². The fourth-order valence-electron chi connectivity index (χ4n) is 1.47. The van der Waals surface area contributed by atoms with E-state index in [1.807, 2.05) is 0 Å². The van der Waals surface area contributed by atoms with Gasteiger partial charge in [0.05, 0.1) is 6.61 Å². The Bertz CT molecular complexity index is 623. The van der Waals surface area contributed by atoms with Crippen LogP contribution in [-0.4, -0.2) is 30.3 Å². The van der Waals surface area contributed by atoms with Gasteiger partial charge in [0.15, 0.2) is 0 Å². The number of rotatable bonds is 5. The second kappa shape index (κ2) is 8.98. The summed E-state index contributed by atoms with van der Waals surface area (Å²) in [7, 11) is 0. The maximum Gasteiger partial charge on any atom is 0.330 e. The molecule has 122 valence electrons. The van der Waals surface area contributed by atoms with E-state index in [0.29, 0.717) is 5.69 Å². The second-order valence-corrected chi connectivity index (χ2v) is 4.29. The predicted molar refractivity (Wildman–Crippen MR) is 82.1 cm³/mol. The molecule has 0 radical (unpaired) electrons. The zero-order valence-electron chi connectivity index (χ0n) is 12.7. The summed E-state index contributed by atoms with van der Waals surface area (Å²) >= 11 is 0. The van der Waals surface area contributed by atoms with E-state index < -0.39 is 17.8 Å². The fraction of sp³-hybridized carbons (Fsp3) is 0.200. The molecule has 0 aliphatic carbocycles. The maximum atomic E-state index is 11.8. The Hall–Kier alpha value is -3.16. The quantitative estimate of drug-likeness (QED) is 0.416. The lowest BCUT2D eigenvalue weighted by atomic mass is 10.2. The summed E-state index contributed by atoms with van der Waals surface area (Å²) in [6.07, 6.45) is 1.89. The van der Waals surface area contributed by atoms with E-state index >= 15 is 0 Å². The van der Waals surface area contributed by atoms with Crippen molar-refractivity contribution in [3.05, 3.63) is 42.0 Å². The van der Waals surface area contributed by atoms with Gasteiger partial charge in [0.2, 0.25) is 5.91 Å². The Labute approximate surface area is 132 Å². The minimum atomic E-state index is -0.679. The summed E-state index contributed by atoms with van der Waals surface area (Å²) in [4.78, 5) is 45.1. The molecule has 0 saturated carbocycles. The van der Waals surface area contributed by atoms with Crippen molar-refractivity contribution in [2.45, 2.75) is 13.8 Å². The third kappa shape index (κ3) is 6.89. The summed E-state index contributed by atoms with van der Waals surface area (Å²) in [5.41, 5.74) is 5.15. The highest BCUT2D eigenvalue weighted by Gasteiger charge is 2.06. The first-order valence-corrected chi connectivity index (χ1v) is 6.75. The largest absolute Gasteiger partial charge is 0.463 e. The van der Waals surface area contributed by atoms with Crippen molar-refractivity contribution in [1.82, 2.24) is 10.9 Å². The average molecular weight is 319 g/mol. The van der Waals surface area contributed by atoms with Gasteiger partial charge in [-0.15, -0.1) is 0 Å². The molecule has 23 heavy (non-hydrogen) atoms. The number of benzene rings is 1. The highest BCUT2D eigenvalue weighted by atomic mass is 16.5. The zero-order valence-corrected chi connectivity index (χ0v) is 12.7. The van der Waals surface area contributed by atoms with Crippen LogP contribution in [0.25, 0.3) is 0 Å². The first-order chi connectivity index (χ1) is 10.9. The number of amides is 3. The van der Waals surface area contributed by atoms with Gasteiger partial charge in [-0.25, -0.2) is 4.79 Å². The van der Waals surface area contributed by atoms with Crippen molar-refractivity contribution in [3.63, 3.8) is 0 Å². The molecule has 0 atom stereocenters. The molecule has 0 heterocycles. The molecular weight excluding hydrogens is 302 g/mol. The summed E-state index contributed by atoms with van der Waals surface area (Å²) in [6, 6.07) is 6.08. The average Bonchev–Trinajstić information content (AvgIpc) is 2.51. The van der Waals surface area contributed by atoms with Crippen molar-refractivity contribution >= 4 is 29.4 Å². The fourth-order valence-corrected chi connectivity index (χ4v) is 1.47. The molecule has 1 aromatic rings. The smallest absolute Gasteiger partial charge is 0.330 e. The van der Waals surface area contributed by atoms with Gasteiger partial charge >= 0.3 is 5.97 Å². The number of anilines is 1. The highest BCUT2D eigenvalue weighted by Crippen LogP contribution is 2.09. The number of carbonyl (C=O) groups is 4. The minimum Gasteiger partial charge on any atom is -0.463 e. The van der Waals surface area contributed by atoms with Crippen LogP contribution in [0.5, 0.6) is 0 Å². The number of nitrogens with one attached hydrogen (secondary N) is 3. The third-order valence-corrected chi connectivity index (χ3v) is 2.42. The molecule has 0 spiro atoms. The van der Waals surface area contributed by atoms with Crippen molar-refractivity contribution < 1.29 is 23.9 Å². The Balaban J connectivity index is 2.48. The lowest BCUT2D eigenvalue weighted by molar-refractivity contribution is -0.137. The predicted octanol–water partition coefficient (Wildman–Crippen LogP) is 0.525. The van der Waals surface area contributed by atoms with Gasteiger partial charge < -0.3 is 10.1 Å². The van der Waals surface area contributed by atoms with Crippen molar-refractivity contribution in [2.75, 3.05) is 11.9 Å². The Morgan fingerprint density at radius 1 is 1.04 bits per heavy atom. The standard InChI is InChI=1S/C15H17N3O5/c1-3-23-14(21)9-8-13(20)17-18-15(22)11-4-6-12(7-5-11)16-10(2)19/h4-9H,3H2,1-2H3,(H,16,19)(H,17,20)(H,18,22). The Morgan fingerprint density at radius 3 is 2.26 bits per heavy atom. The molecule has 0 saturated heterocycles. The SMILES string of the molecule is CCOC(=O)C=CC(=O)NNC(=O)c1ccc(NC(C)=O)cc1. The minimum absolute atomic E-state index is 0.204. The van der Waals surface area contributed by atoms with E-state index in [4.69, 9.17) is 0 Å². The van der Waals surface area contributed by atoms with Gasteiger partial charge in [-0.1, -0.05) is 0 Å². The van der Waals surface area contributed by atoms with Gasteiger partial charge in [0.1, 0.15) is 0 Å². The second-order valence-electron chi connectivity index (χ2n) is 4.29. The third-order valence-electron chi connectivity index (χ3n) is 2.42. The molecule has 0 aromatic heterocycles. The molecule has 8 nitrogen and oxygen atoms in total. The van der Waals surface area contributed by atoms with E-state index in [9.17, 15) is 19.2 Å². The van der Waals surface area contributed by atoms with Crippen LogP contribution in [0, 0.1) is 0 Å². The van der Waals surface area contributed by atoms with Gasteiger partial charge in [-0.2, -0.15) is 0 Å². The molecule has 0 fully saturated rings.